The highest BCUT2D eigenvalue weighted by atomic mass is 32.2. The van der Waals surface area contributed by atoms with Gasteiger partial charge in [0, 0.05) is 6.07 Å². The van der Waals surface area contributed by atoms with Crippen molar-refractivity contribution < 1.29 is 18.1 Å². The van der Waals surface area contributed by atoms with E-state index in [2.05, 4.69) is 0 Å². The molecule has 0 radical (unpaired) electrons. The molecule has 0 atom stereocenters. The fourth-order valence-corrected chi connectivity index (χ4v) is 3.79. The summed E-state index contributed by atoms with van der Waals surface area (Å²) in [5, 5.41) is 11.2. The van der Waals surface area contributed by atoms with E-state index in [-0.39, 0.29) is 5.69 Å². The Hall–Kier alpha value is -2.98. The molecule has 0 fully saturated rings. The number of nitro groups is 1. The van der Waals surface area contributed by atoms with E-state index < -0.39 is 38.0 Å². The minimum atomic E-state index is -4.38. The average Bonchev–Trinajstić information content (AvgIpc) is 2.59. The monoisotopic (exact) mass is 364 g/mol. The van der Waals surface area contributed by atoms with Crippen LogP contribution in [-0.2, 0) is 14.8 Å². The fraction of sp³-hybridized carbons (Fsp3) is 0.133. The van der Waals surface area contributed by atoms with Crippen LogP contribution < -0.4 is 15.6 Å². The number of hydrogen-bond acceptors (Lipinski definition) is 6. The molecule has 25 heavy (non-hydrogen) atoms. The van der Waals surface area contributed by atoms with Crippen molar-refractivity contribution in [2.45, 2.75) is 11.8 Å². The lowest BCUT2D eigenvalue weighted by molar-refractivity contribution is -0.387. The highest BCUT2D eigenvalue weighted by Crippen LogP contribution is 2.29. The van der Waals surface area contributed by atoms with E-state index in [0.717, 1.165) is 22.0 Å². The van der Waals surface area contributed by atoms with Crippen LogP contribution in [0.1, 0.15) is 5.56 Å². The van der Waals surface area contributed by atoms with Crippen LogP contribution >= 0.6 is 0 Å². The zero-order valence-electron chi connectivity index (χ0n) is 13.2. The molecule has 2 aromatic rings. The van der Waals surface area contributed by atoms with E-state index in [1.54, 1.807) is 25.1 Å². The first kappa shape index (κ1) is 18.4. The van der Waals surface area contributed by atoms with Gasteiger partial charge in [-0.15, -0.1) is 0 Å². The van der Waals surface area contributed by atoms with Crippen molar-refractivity contribution in [3.8, 4) is 0 Å². The Labute approximate surface area is 144 Å². The molecule has 3 N–H and O–H groups in total. The van der Waals surface area contributed by atoms with Gasteiger partial charge in [0.05, 0.1) is 10.6 Å². The van der Waals surface area contributed by atoms with Crippen LogP contribution in [0.3, 0.4) is 0 Å². The van der Waals surface area contributed by atoms with Gasteiger partial charge in [0.25, 0.3) is 21.6 Å². The molecule has 0 aromatic heterocycles. The second-order valence-electron chi connectivity index (χ2n) is 5.14. The zero-order valence-corrected chi connectivity index (χ0v) is 14.1. The van der Waals surface area contributed by atoms with Crippen LogP contribution in [0, 0.1) is 17.0 Å². The Morgan fingerprint density at radius 2 is 1.92 bits per heavy atom. The number of nitro benzene ring substituents is 1. The maximum atomic E-state index is 13.0. The number of para-hydroxylation sites is 1. The third kappa shape index (κ3) is 3.92. The van der Waals surface area contributed by atoms with E-state index >= 15 is 0 Å². The molecule has 0 saturated heterocycles. The standard InChI is InChI=1S/C15H16N4O5S/c1-11-5-4-6-12(9-11)18(10-15(20)17-16)25(23,24)14-8-3-2-7-13(14)19(21)22/h2-9H,10,16H2,1H3,(H,17,20). The third-order valence-electron chi connectivity index (χ3n) is 3.37. The zero-order chi connectivity index (χ0) is 18.6. The van der Waals surface area contributed by atoms with Crippen molar-refractivity contribution >= 4 is 27.3 Å². The molecule has 0 unspecified atom stereocenters. The number of sulfonamides is 1. The lowest BCUT2D eigenvalue weighted by atomic mass is 10.2. The highest BCUT2D eigenvalue weighted by Gasteiger charge is 2.32. The Balaban J connectivity index is 2.64. The minimum Gasteiger partial charge on any atom is -0.293 e. The maximum Gasteiger partial charge on any atom is 0.289 e. The molecule has 0 aliphatic rings. The highest BCUT2D eigenvalue weighted by molar-refractivity contribution is 7.93. The summed E-state index contributed by atoms with van der Waals surface area (Å²) in [7, 11) is -4.38. The van der Waals surface area contributed by atoms with E-state index in [4.69, 9.17) is 5.84 Å². The second kappa shape index (κ2) is 7.28. The fourth-order valence-electron chi connectivity index (χ4n) is 2.22. The predicted octanol–water partition coefficient (Wildman–Crippen LogP) is 1.09. The molecule has 2 aromatic carbocycles. The van der Waals surface area contributed by atoms with Crippen molar-refractivity contribution in [2.24, 2.45) is 5.84 Å². The number of anilines is 1. The Kier molecular flexibility index (Phi) is 5.35. The number of hydrogen-bond donors (Lipinski definition) is 2. The molecule has 0 heterocycles. The first-order valence-corrected chi connectivity index (χ1v) is 8.53. The molecule has 2 rings (SSSR count). The normalized spacial score (nSPS) is 11.0. The van der Waals surface area contributed by atoms with Crippen molar-refractivity contribution in [2.75, 3.05) is 10.8 Å². The summed E-state index contributed by atoms with van der Waals surface area (Å²) < 4.78 is 26.8. The maximum absolute atomic E-state index is 13.0. The van der Waals surface area contributed by atoms with Crippen LogP contribution in [0.25, 0.3) is 0 Å². The molecule has 0 saturated carbocycles. The summed E-state index contributed by atoms with van der Waals surface area (Å²) in [4.78, 5) is 21.6. The predicted molar refractivity (Wildman–Crippen MR) is 91.1 cm³/mol. The van der Waals surface area contributed by atoms with Crippen LogP contribution in [0.2, 0.25) is 0 Å². The van der Waals surface area contributed by atoms with Crippen molar-refractivity contribution in [3.05, 3.63) is 64.2 Å². The Bertz CT molecular complexity index is 914. The number of nitrogens with two attached hydrogens (primary N) is 1. The van der Waals surface area contributed by atoms with Gasteiger partial charge in [0.15, 0.2) is 4.90 Å². The van der Waals surface area contributed by atoms with Gasteiger partial charge in [-0.25, -0.2) is 14.3 Å². The van der Waals surface area contributed by atoms with E-state index in [1.807, 2.05) is 5.43 Å². The van der Waals surface area contributed by atoms with Crippen LogP contribution in [0.5, 0.6) is 0 Å². The van der Waals surface area contributed by atoms with Gasteiger partial charge in [-0.05, 0) is 30.7 Å². The summed E-state index contributed by atoms with van der Waals surface area (Å²) in [5.74, 6) is 4.30. The second-order valence-corrected chi connectivity index (χ2v) is 6.97. The molecule has 132 valence electrons. The molecule has 0 aliphatic carbocycles. The number of rotatable bonds is 6. The molecule has 1 amide bonds. The first-order chi connectivity index (χ1) is 11.8. The van der Waals surface area contributed by atoms with Gasteiger partial charge in [0.1, 0.15) is 6.54 Å². The molecular formula is C15H16N4O5S. The number of carbonyl (C=O) groups is 1. The number of hydrazine groups is 1. The molecule has 0 spiro atoms. The van der Waals surface area contributed by atoms with E-state index in [9.17, 15) is 23.3 Å². The summed E-state index contributed by atoms with van der Waals surface area (Å²) >= 11 is 0. The van der Waals surface area contributed by atoms with Gasteiger partial charge in [-0.2, -0.15) is 0 Å². The Morgan fingerprint density at radius 3 is 2.52 bits per heavy atom. The smallest absolute Gasteiger partial charge is 0.289 e. The number of aryl methyl sites for hydroxylation is 1. The topological polar surface area (TPSA) is 136 Å². The minimum absolute atomic E-state index is 0.196. The Morgan fingerprint density at radius 1 is 1.24 bits per heavy atom. The number of carbonyl (C=O) groups excluding carboxylic acids is 1. The molecule has 0 bridgehead atoms. The van der Waals surface area contributed by atoms with Crippen molar-refractivity contribution in [1.29, 1.82) is 0 Å². The van der Waals surface area contributed by atoms with Gasteiger partial charge >= 0.3 is 0 Å². The number of amides is 1. The lowest BCUT2D eigenvalue weighted by Crippen LogP contribution is -2.43. The molecule has 10 heteroatoms. The summed E-state index contributed by atoms with van der Waals surface area (Å²) in [5.41, 5.74) is 2.24. The molecule has 0 aliphatic heterocycles. The number of benzene rings is 2. The number of nitrogens with zero attached hydrogens (tertiary/aromatic N) is 2. The molecule has 9 nitrogen and oxygen atoms in total. The van der Waals surface area contributed by atoms with E-state index in [1.165, 1.54) is 18.2 Å². The molecular weight excluding hydrogens is 348 g/mol. The first-order valence-electron chi connectivity index (χ1n) is 7.09. The largest absolute Gasteiger partial charge is 0.293 e. The van der Waals surface area contributed by atoms with Gasteiger partial charge in [-0.3, -0.25) is 24.6 Å². The number of nitrogens with one attached hydrogen (secondary N) is 1. The van der Waals surface area contributed by atoms with Gasteiger partial charge in [0.2, 0.25) is 0 Å². The lowest BCUT2D eigenvalue weighted by Gasteiger charge is -2.23. The SMILES string of the molecule is Cc1cccc(N(CC(=O)NN)S(=O)(=O)c2ccccc2[N+](=O)[O-])c1. The van der Waals surface area contributed by atoms with Crippen molar-refractivity contribution in [1.82, 2.24) is 5.43 Å². The summed E-state index contributed by atoms with van der Waals surface area (Å²) in [6.45, 7) is 1.14. The third-order valence-corrected chi connectivity index (χ3v) is 5.19. The summed E-state index contributed by atoms with van der Waals surface area (Å²) in [6, 6.07) is 11.4. The van der Waals surface area contributed by atoms with Crippen molar-refractivity contribution in [3.63, 3.8) is 0 Å². The van der Waals surface area contributed by atoms with Crippen LogP contribution in [-0.4, -0.2) is 25.8 Å². The quantitative estimate of drug-likeness (QED) is 0.341. The van der Waals surface area contributed by atoms with Gasteiger partial charge < -0.3 is 0 Å². The van der Waals surface area contributed by atoms with E-state index in [0.29, 0.717) is 0 Å². The van der Waals surface area contributed by atoms with Crippen LogP contribution in [0.15, 0.2) is 53.4 Å². The summed E-state index contributed by atoms with van der Waals surface area (Å²) in [6.07, 6.45) is 0. The van der Waals surface area contributed by atoms with Gasteiger partial charge in [-0.1, -0.05) is 24.3 Å². The van der Waals surface area contributed by atoms with Crippen LogP contribution in [0.4, 0.5) is 11.4 Å². The average molecular weight is 364 g/mol.